The number of hydrogen-bond acceptors (Lipinski definition) is 5. The monoisotopic (exact) mass is 346 g/mol. The van der Waals surface area contributed by atoms with Crippen molar-refractivity contribution in [1.29, 1.82) is 0 Å². The minimum atomic E-state index is -0.546. The number of ether oxygens (including phenoxy) is 1. The van der Waals surface area contributed by atoms with Crippen LogP contribution in [-0.2, 0) is 17.7 Å². The predicted octanol–water partition coefficient (Wildman–Crippen LogP) is 3.22. The Balaban J connectivity index is 1.64. The Kier molecular flexibility index (Phi) is 4.66. The topological polar surface area (TPSA) is 83.6 Å². The van der Waals surface area contributed by atoms with Crippen molar-refractivity contribution in [2.45, 2.75) is 19.9 Å². The number of amides is 3. The van der Waals surface area contributed by atoms with Crippen molar-refractivity contribution < 1.29 is 14.3 Å². The van der Waals surface area contributed by atoms with Crippen molar-refractivity contribution in [3.8, 4) is 0 Å². The molecule has 7 nitrogen and oxygen atoms in total. The van der Waals surface area contributed by atoms with Gasteiger partial charge in [-0.25, -0.2) is 14.6 Å². The standard InChI is InChI=1S/C16H18N4O3S/c1-10-3-5-11(6-4-10)17-15(21)20-8-7-12-13(9-20)24-14(18-12)19-16(22)23-2/h3-6H,7-9H2,1-2H3,(H,17,21)(H,18,19,22). The zero-order valence-electron chi connectivity index (χ0n) is 13.5. The van der Waals surface area contributed by atoms with Gasteiger partial charge in [0.1, 0.15) is 0 Å². The van der Waals surface area contributed by atoms with Gasteiger partial charge in [0, 0.05) is 23.5 Å². The fourth-order valence-corrected chi connectivity index (χ4v) is 3.41. The summed E-state index contributed by atoms with van der Waals surface area (Å²) in [5, 5.41) is 5.96. The molecule has 1 aliphatic heterocycles. The van der Waals surface area contributed by atoms with E-state index in [4.69, 9.17) is 0 Å². The van der Waals surface area contributed by atoms with Crippen LogP contribution in [0.5, 0.6) is 0 Å². The summed E-state index contributed by atoms with van der Waals surface area (Å²) >= 11 is 1.36. The third-order valence-electron chi connectivity index (χ3n) is 3.72. The first-order chi connectivity index (χ1) is 11.5. The third-order valence-corrected chi connectivity index (χ3v) is 4.71. The second-order valence-corrected chi connectivity index (χ2v) is 6.56. The van der Waals surface area contributed by atoms with Gasteiger partial charge in [0.25, 0.3) is 0 Å². The number of thiazole rings is 1. The van der Waals surface area contributed by atoms with Crippen LogP contribution in [0.3, 0.4) is 0 Å². The van der Waals surface area contributed by atoms with E-state index in [0.29, 0.717) is 24.6 Å². The van der Waals surface area contributed by atoms with Crippen molar-refractivity contribution in [3.05, 3.63) is 40.4 Å². The second kappa shape index (κ2) is 6.88. The normalized spacial score (nSPS) is 13.2. The predicted molar refractivity (Wildman–Crippen MR) is 92.5 cm³/mol. The first-order valence-corrected chi connectivity index (χ1v) is 8.33. The largest absolute Gasteiger partial charge is 0.453 e. The quantitative estimate of drug-likeness (QED) is 0.874. The van der Waals surface area contributed by atoms with Crippen LogP contribution < -0.4 is 10.6 Å². The van der Waals surface area contributed by atoms with Crippen molar-refractivity contribution in [1.82, 2.24) is 9.88 Å². The van der Waals surface area contributed by atoms with E-state index in [1.54, 1.807) is 4.90 Å². The summed E-state index contributed by atoms with van der Waals surface area (Å²) < 4.78 is 4.56. The lowest BCUT2D eigenvalue weighted by molar-refractivity contribution is 0.187. The molecule has 0 unspecified atom stereocenters. The number of nitrogens with one attached hydrogen (secondary N) is 2. The van der Waals surface area contributed by atoms with E-state index in [-0.39, 0.29) is 6.03 Å². The molecule has 0 spiro atoms. The van der Waals surface area contributed by atoms with E-state index in [0.717, 1.165) is 21.8 Å². The molecule has 3 amide bonds. The Bertz CT molecular complexity index is 757. The van der Waals surface area contributed by atoms with Crippen LogP contribution in [0.15, 0.2) is 24.3 Å². The van der Waals surface area contributed by atoms with Gasteiger partial charge in [-0.3, -0.25) is 5.32 Å². The molecule has 8 heteroatoms. The summed E-state index contributed by atoms with van der Waals surface area (Å²) in [6.45, 7) is 3.07. The maximum atomic E-state index is 12.4. The number of fused-ring (bicyclic) bond motifs is 1. The molecule has 0 saturated heterocycles. The molecular weight excluding hydrogens is 328 g/mol. The molecule has 0 aliphatic carbocycles. The number of aryl methyl sites for hydroxylation is 1. The van der Waals surface area contributed by atoms with Crippen molar-refractivity contribution >= 4 is 34.3 Å². The zero-order valence-corrected chi connectivity index (χ0v) is 14.3. The highest BCUT2D eigenvalue weighted by molar-refractivity contribution is 7.15. The summed E-state index contributed by atoms with van der Waals surface area (Å²) in [4.78, 5) is 30.7. The van der Waals surface area contributed by atoms with Gasteiger partial charge in [-0.15, -0.1) is 0 Å². The lowest BCUT2D eigenvalue weighted by atomic mass is 10.2. The average molecular weight is 346 g/mol. The van der Waals surface area contributed by atoms with Crippen molar-refractivity contribution in [2.24, 2.45) is 0 Å². The van der Waals surface area contributed by atoms with Gasteiger partial charge in [-0.05, 0) is 19.1 Å². The maximum absolute atomic E-state index is 12.4. The number of aromatic nitrogens is 1. The number of urea groups is 1. The molecular formula is C16H18N4O3S. The van der Waals surface area contributed by atoms with Gasteiger partial charge >= 0.3 is 12.1 Å². The van der Waals surface area contributed by atoms with E-state index in [9.17, 15) is 9.59 Å². The van der Waals surface area contributed by atoms with Crippen LogP contribution in [0.4, 0.5) is 20.4 Å². The number of rotatable bonds is 2. The first-order valence-electron chi connectivity index (χ1n) is 7.51. The Labute approximate surface area is 143 Å². The molecule has 2 heterocycles. The zero-order chi connectivity index (χ0) is 17.1. The molecule has 3 rings (SSSR count). The Hall–Kier alpha value is -2.61. The first kappa shape index (κ1) is 16.3. The lowest BCUT2D eigenvalue weighted by Gasteiger charge is -2.26. The van der Waals surface area contributed by atoms with Gasteiger partial charge in [-0.1, -0.05) is 29.0 Å². The molecule has 1 aliphatic rings. The molecule has 0 atom stereocenters. The molecule has 0 radical (unpaired) electrons. The number of methoxy groups -OCH3 is 1. The third kappa shape index (κ3) is 3.65. The number of benzene rings is 1. The molecule has 1 aromatic carbocycles. The molecule has 126 valence electrons. The SMILES string of the molecule is COC(=O)Nc1nc2c(s1)CN(C(=O)Nc1ccc(C)cc1)CC2. The highest BCUT2D eigenvalue weighted by atomic mass is 32.1. The van der Waals surface area contributed by atoms with E-state index < -0.39 is 6.09 Å². The molecule has 24 heavy (non-hydrogen) atoms. The summed E-state index contributed by atoms with van der Waals surface area (Å²) in [7, 11) is 1.31. The summed E-state index contributed by atoms with van der Waals surface area (Å²) in [5.74, 6) is 0. The van der Waals surface area contributed by atoms with Crippen molar-refractivity contribution in [3.63, 3.8) is 0 Å². The maximum Gasteiger partial charge on any atom is 0.413 e. The summed E-state index contributed by atoms with van der Waals surface area (Å²) in [6, 6.07) is 7.54. The van der Waals surface area contributed by atoms with Crippen LogP contribution in [0, 0.1) is 6.92 Å². The summed E-state index contributed by atoms with van der Waals surface area (Å²) in [5.41, 5.74) is 2.84. The Morgan fingerprint density at radius 1 is 1.25 bits per heavy atom. The van der Waals surface area contributed by atoms with Crippen molar-refractivity contribution in [2.75, 3.05) is 24.3 Å². The molecule has 2 aromatic rings. The summed E-state index contributed by atoms with van der Waals surface area (Å²) in [6.07, 6.45) is 0.116. The highest BCUT2D eigenvalue weighted by Gasteiger charge is 2.24. The van der Waals surface area contributed by atoms with Crippen LogP contribution in [0.1, 0.15) is 16.1 Å². The molecule has 1 aromatic heterocycles. The lowest BCUT2D eigenvalue weighted by Crippen LogP contribution is -2.38. The highest BCUT2D eigenvalue weighted by Crippen LogP contribution is 2.28. The van der Waals surface area contributed by atoms with Gasteiger partial charge in [0.2, 0.25) is 0 Å². The number of carbonyl (C=O) groups is 2. The van der Waals surface area contributed by atoms with E-state index in [2.05, 4.69) is 20.4 Å². The fourth-order valence-electron chi connectivity index (χ4n) is 2.40. The van der Waals surface area contributed by atoms with Crippen LogP contribution in [-0.4, -0.2) is 35.7 Å². The van der Waals surface area contributed by atoms with Crippen LogP contribution in [0.2, 0.25) is 0 Å². The smallest absolute Gasteiger partial charge is 0.413 e. The Morgan fingerprint density at radius 3 is 2.71 bits per heavy atom. The van der Waals surface area contributed by atoms with Gasteiger partial charge in [-0.2, -0.15) is 0 Å². The van der Waals surface area contributed by atoms with E-state index in [1.165, 1.54) is 18.4 Å². The number of hydrogen-bond donors (Lipinski definition) is 2. The second-order valence-electron chi connectivity index (χ2n) is 5.47. The van der Waals surface area contributed by atoms with Crippen LogP contribution >= 0.6 is 11.3 Å². The van der Waals surface area contributed by atoms with Gasteiger partial charge in [0.05, 0.1) is 19.3 Å². The average Bonchev–Trinajstić information content (AvgIpc) is 2.97. The minimum absolute atomic E-state index is 0.139. The minimum Gasteiger partial charge on any atom is -0.453 e. The molecule has 0 fully saturated rings. The molecule has 0 saturated carbocycles. The number of anilines is 2. The fraction of sp³-hybridized carbons (Fsp3) is 0.312. The number of nitrogens with zero attached hydrogens (tertiary/aromatic N) is 2. The van der Waals surface area contributed by atoms with E-state index >= 15 is 0 Å². The van der Waals surface area contributed by atoms with Gasteiger partial charge in [0.15, 0.2) is 5.13 Å². The van der Waals surface area contributed by atoms with Gasteiger partial charge < -0.3 is 15.0 Å². The van der Waals surface area contributed by atoms with Crippen LogP contribution in [0.25, 0.3) is 0 Å². The number of carbonyl (C=O) groups excluding carboxylic acids is 2. The van der Waals surface area contributed by atoms with E-state index in [1.807, 2.05) is 31.2 Å². The molecule has 2 N–H and O–H groups in total. The molecule has 0 bridgehead atoms. The Morgan fingerprint density at radius 2 is 2.00 bits per heavy atom.